The number of carboxylic acids is 1. The molecule has 1 aliphatic heterocycles. The maximum atomic E-state index is 12.5. The topological polar surface area (TPSA) is 66.8 Å². The third kappa shape index (κ3) is 2.96. The minimum atomic E-state index is -0.968. The number of rotatable bonds is 5. The Kier molecular flexibility index (Phi) is 4.68. The number of amides is 1. The molecule has 1 aromatic rings. The molecule has 1 N–H and O–H groups in total. The number of ether oxygens (including phenoxy) is 1. The predicted octanol–water partition coefficient (Wildman–Crippen LogP) is 2.18. The molecule has 6 heteroatoms. The predicted molar refractivity (Wildman–Crippen MR) is 80.9 cm³/mol. The summed E-state index contributed by atoms with van der Waals surface area (Å²) >= 11 is 1.51. The normalized spacial score (nSPS) is 21.8. The van der Waals surface area contributed by atoms with E-state index in [1.807, 2.05) is 13.0 Å². The molecule has 2 rings (SSSR count). The lowest BCUT2D eigenvalue weighted by Crippen LogP contribution is -2.40. The van der Waals surface area contributed by atoms with Gasteiger partial charge in [-0.05, 0) is 31.4 Å². The van der Waals surface area contributed by atoms with Crippen molar-refractivity contribution in [3.63, 3.8) is 0 Å². The van der Waals surface area contributed by atoms with Crippen LogP contribution in [0.2, 0.25) is 0 Å². The highest BCUT2D eigenvalue weighted by Gasteiger charge is 2.46. The first-order valence-electron chi connectivity index (χ1n) is 7.04. The number of carbonyl (C=O) groups is 2. The van der Waals surface area contributed by atoms with Gasteiger partial charge in [-0.15, -0.1) is 11.3 Å². The second-order valence-electron chi connectivity index (χ2n) is 5.57. The van der Waals surface area contributed by atoms with Gasteiger partial charge in [-0.2, -0.15) is 0 Å². The van der Waals surface area contributed by atoms with E-state index in [2.05, 4.69) is 6.92 Å². The zero-order chi connectivity index (χ0) is 15.6. The molecule has 2 heterocycles. The van der Waals surface area contributed by atoms with Gasteiger partial charge in [-0.3, -0.25) is 9.59 Å². The van der Waals surface area contributed by atoms with Crippen molar-refractivity contribution in [2.75, 3.05) is 26.8 Å². The molecule has 1 saturated heterocycles. The summed E-state index contributed by atoms with van der Waals surface area (Å²) in [6.45, 7) is 4.88. The van der Waals surface area contributed by atoms with Crippen molar-refractivity contribution in [2.45, 2.75) is 26.7 Å². The lowest BCUT2D eigenvalue weighted by atomic mass is 9.88. The molecule has 1 aromatic heterocycles. The lowest BCUT2D eigenvalue weighted by molar-refractivity contribution is -0.151. The molecule has 0 saturated carbocycles. The van der Waals surface area contributed by atoms with E-state index in [0.717, 1.165) is 12.0 Å². The molecule has 0 aromatic carbocycles. The van der Waals surface area contributed by atoms with Gasteiger partial charge >= 0.3 is 5.97 Å². The number of nitrogens with zero attached hydrogens (tertiary/aromatic N) is 1. The molecule has 1 amide bonds. The highest BCUT2D eigenvalue weighted by atomic mass is 32.1. The van der Waals surface area contributed by atoms with Crippen molar-refractivity contribution >= 4 is 23.2 Å². The van der Waals surface area contributed by atoms with Crippen LogP contribution in [0.3, 0.4) is 0 Å². The number of thiophene rings is 1. The van der Waals surface area contributed by atoms with Gasteiger partial charge in [0, 0.05) is 25.1 Å². The van der Waals surface area contributed by atoms with Crippen molar-refractivity contribution in [2.24, 2.45) is 5.41 Å². The number of aliphatic carboxylic acids is 1. The van der Waals surface area contributed by atoms with E-state index >= 15 is 0 Å². The van der Waals surface area contributed by atoms with Gasteiger partial charge in [0.1, 0.15) is 5.41 Å². The van der Waals surface area contributed by atoms with Crippen LogP contribution in [-0.2, 0) is 16.0 Å². The fraction of sp³-hybridized carbons (Fsp3) is 0.600. The van der Waals surface area contributed by atoms with Gasteiger partial charge < -0.3 is 14.7 Å². The van der Waals surface area contributed by atoms with E-state index in [1.165, 1.54) is 23.3 Å². The largest absolute Gasteiger partial charge is 0.481 e. The summed E-state index contributed by atoms with van der Waals surface area (Å²) in [5, 5.41) is 9.44. The van der Waals surface area contributed by atoms with Crippen molar-refractivity contribution < 1.29 is 19.4 Å². The minimum absolute atomic E-state index is 0.0676. The van der Waals surface area contributed by atoms with Gasteiger partial charge in [0.05, 0.1) is 11.5 Å². The number of carboxylic acid groups (broad SMARTS) is 1. The zero-order valence-electron chi connectivity index (χ0n) is 12.6. The number of methoxy groups -OCH3 is 1. The molecule has 1 aliphatic rings. The van der Waals surface area contributed by atoms with Gasteiger partial charge in [-0.1, -0.05) is 6.92 Å². The van der Waals surface area contributed by atoms with Gasteiger partial charge in [0.15, 0.2) is 0 Å². The highest BCUT2D eigenvalue weighted by molar-refractivity contribution is 7.14. The smallest absolute Gasteiger partial charge is 0.313 e. The van der Waals surface area contributed by atoms with Crippen LogP contribution in [0.5, 0.6) is 0 Å². The number of aryl methyl sites for hydroxylation is 2. The molecule has 116 valence electrons. The lowest BCUT2D eigenvalue weighted by Gasteiger charge is -2.23. The van der Waals surface area contributed by atoms with Crippen LogP contribution >= 0.6 is 11.3 Å². The number of likely N-dealkylation sites (tertiary alicyclic amines) is 1. The molecule has 21 heavy (non-hydrogen) atoms. The first-order valence-corrected chi connectivity index (χ1v) is 7.86. The van der Waals surface area contributed by atoms with E-state index in [4.69, 9.17) is 4.74 Å². The molecule has 5 nitrogen and oxygen atoms in total. The third-order valence-electron chi connectivity index (χ3n) is 4.07. The van der Waals surface area contributed by atoms with E-state index in [1.54, 1.807) is 4.90 Å². The van der Waals surface area contributed by atoms with Crippen LogP contribution < -0.4 is 0 Å². The van der Waals surface area contributed by atoms with Crippen LogP contribution in [0.25, 0.3) is 0 Å². The molecule has 1 atom stereocenters. The van der Waals surface area contributed by atoms with Crippen LogP contribution in [0.4, 0.5) is 0 Å². The summed E-state index contributed by atoms with van der Waals surface area (Å²) in [5.74, 6) is -0.960. The Bertz CT molecular complexity index is 554. The standard InChI is InChI=1S/C15H21NO4S/c1-4-11-10(2)7-12(21-11)13(17)16-6-5-15(8-16,9-20-3)14(18)19/h7H,4-6,8-9H2,1-3H3,(H,18,19). The maximum Gasteiger partial charge on any atom is 0.313 e. The van der Waals surface area contributed by atoms with Crippen LogP contribution in [-0.4, -0.2) is 48.7 Å². The van der Waals surface area contributed by atoms with Gasteiger partial charge in [0.2, 0.25) is 0 Å². The summed E-state index contributed by atoms with van der Waals surface area (Å²) in [4.78, 5) is 27.6. The molecule has 0 radical (unpaired) electrons. The Morgan fingerprint density at radius 2 is 2.24 bits per heavy atom. The van der Waals surface area contributed by atoms with E-state index in [0.29, 0.717) is 17.8 Å². The number of hydrogen-bond donors (Lipinski definition) is 1. The SMILES string of the molecule is CCc1sc(C(=O)N2CCC(COC)(C(=O)O)C2)cc1C. The average Bonchev–Trinajstić information content (AvgIpc) is 3.03. The Balaban J connectivity index is 2.16. The Morgan fingerprint density at radius 1 is 1.52 bits per heavy atom. The maximum absolute atomic E-state index is 12.5. The molecular formula is C15H21NO4S. The number of carbonyl (C=O) groups excluding carboxylic acids is 1. The first-order chi connectivity index (χ1) is 9.93. The average molecular weight is 311 g/mol. The quantitative estimate of drug-likeness (QED) is 0.905. The van der Waals surface area contributed by atoms with E-state index in [9.17, 15) is 14.7 Å². The van der Waals surface area contributed by atoms with Gasteiger partial charge in [0.25, 0.3) is 5.91 Å². The van der Waals surface area contributed by atoms with Crippen molar-refractivity contribution in [3.8, 4) is 0 Å². The molecule has 0 aliphatic carbocycles. The minimum Gasteiger partial charge on any atom is -0.481 e. The van der Waals surface area contributed by atoms with E-state index in [-0.39, 0.29) is 19.1 Å². The fourth-order valence-electron chi connectivity index (χ4n) is 2.81. The number of hydrogen-bond acceptors (Lipinski definition) is 4. The fourth-order valence-corrected chi connectivity index (χ4v) is 3.89. The van der Waals surface area contributed by atoms with Crippen LogP contribution in [0.1, 0.15) is 33.5 Å². The van der Waals surface area contributed by atoms with Crippen molar-refractivity contribution in [3.05, 3.63) is 21.4 Å². The summed E-state index contributed by atoms with van der Waals surface area (Å²) in [7, 11) is 1.49. The monoisotopic (exact) mass is 311 g/mol. The Labute approximate surface area is 128 Å². The molecular weight excluding hydrogens is 290 g/mol. The molecule has 1 unspecified atom stereocenters. The summed E-state index contributed by atoms with van der Waals surface area (Å²) < 4.78 is 5.05. The second-order valence-corrected chi connectivity index (χ2v) is 6.70. The Morgan fingerprint density at radius 3 is 2.76 bits per heavy atom. The highest BCUT2D eigenvalue weighted by Crippen LogP contribution is 2.33. The molecule has 0 spiro atoms. The van der Waals surface area contributed by atoms with Gasteiger partial charge in [-0.25, -0.2) is 0 Å². The first kappa shape index (κ1) is 16.0. The van der Waals surface area contributed by atoms with Crippen molar-refractivity contribution in [1.82, 2.24) is 4.90 Å². The third-order valence-corrected chi connectivity index (χ3v) is 5.44. The molecule has 1 fully saturated rings. The van der Waals surface area contributed by atoms with E-state index < -0.39 is 11.4 Å². The summed E-state index contributed by atoms with van der Waals surface area (Å²) in [5.41, 5.74) is 0.163. The molecule has 0 bridgehead atoms. The summed E-state index contributed by atoms with van der Waals surface area (Å²) in [6, 6.07) is 1.91. The second kappa shape index (κ2) is 6.15. The van der Waals surface area contributed by atoms with Crippen molar-refractivity contribution in [1.29, 1.82) is 0 Å². The Hall–Kier alpha value is -1.40. The zero-order valence-corrected chi connectivity index (χ0v) is 13.5. The van der Waals surface area contributed by atoms with Crippen LogP contribution in [0, 0.1) is 12.3 Å². The summed E-state index contributed by atoms with van der Waals surface area (Å²) in [6.07, 6.45) is 1.35. The van der Waals surface area contributed by atoms with Crippen LogP contribution in [0.15, 0.2) is 6.07 Å².